The summed E-state index contributed by atoms with van der Waals surface area (Å²) in [6.07, 6.45) is 3.74. The zero-order valence-corrected chi connectivity index (χ0v) is 8.57. The highest BCUT2D eigenvalue weighted by molar-refractivity contribution is 5.91. The minimum Gasteiger partial charge on any atom is -0.496 e. The number of methoxy groups -OCH3 is 1. The molecule has 1 aromatic carbocycles. The number of ketones is 1. The van der Waals surface area contributed by atoms with Crippen LogP contribution < -0.4 is 10.1 Å². The lowest BCUT2D eigenvalue weighted by atomic mass is 9.98. The first-order valence-corrected chi connectivity index (χ1v) is 4.89. The first-order chi connectivity index (χ1) is 7.31. The van der Waals surface area contributed by atoms with Crippen LogP contribution in [0.2, 0.25) is 0 Å². The quantitative estimate of drug-likeness (QED) is 0.796. The fourth-order valence-electron chi connectivity index (χ4n) is 1.74. The lowest BCUT2D eigenvalue weighted by Gasteiger charge is -2.21. The third kappa shape index (κ3) is 2.01. The molecule has 1 atom stereocenters. The molecular weight excluding hydrogens is 190 g/mol. The molecule has 0 saturated heterocycles. The van der Waals surface area contributed by atoms with E-state index in [9.17, 15) is 4.79 Å². The van der Waals surface area contributed by atoms with Gasteiger partial charge in [0.1, 0.15) is 5.75 Å². The van der Waals surface area contributed by atoms with E-state index in [1.54, 1.807) is 19.4 Å². The summed E-state index contributed by atoms with van der Waals surface area (Å²) >= 11 is 0. The first kappa shape index (κ1) is 9.77. The highest BCUT2D eigenvalue weighted by Gasteiger charge is 2.19. The predicted molar refractivity (Wildman–Crippen MR) is 57.6 cm³/mol. The van der Waals surface area contributed by atoms with E-state index in [-0.39, 0.29) is 11.8 Å². The van der Waals surface area contributed by atoms with Gasteiger partial charge in [0.05, 0.1) is 13.2 Å². The van der Waals surface area contributed by atoms with Gasteiger partial charge in [-0.2, -0.15) is 0 Å². The van der Waals surface area contributed by atoms with Gasteiger partial charge in [-0.25, -0.2) is 0 Å². The van der Waals surface area contributed by atoms with E-state index >= 15 is 0 Å². The SMILES string of the molecule is COc1ccccc1[C@H]1CC(=O)C=CN1. The number of para-hydroxylation sites is 1. The van der Waals surface area contributed by atoms with Gasteiger partial charge in [0, 0.05) is 18.2 Å². The van der Waals surface area contributed by atoms with Crippen molar-refractivity contribution in [3.8, 4) is 5.75 Å². The van der Waals surface area contributed by atoms with E-state index in [0.29, 0.717) is 6.42 Å². The number of benzene rings is 1. The second kappa shape index (κ2) is 4.17. The molecule has 0 amide bonds. The molecule has 1 N–H and O–H groups in total. The molecule has 2 rings (SSSR count). The number of hydrogen-bond donors (Lipinski definition) is 1. The smallest absolute Gasteiger partial charge is 0.159 e. The van der Waals surface area contributed by atoms with Gasteiger partial charge in [0.15, 0.2) is 5.78 Å². The highest BCUT2D eigenvalue weighted by atomic mass is 16.5. The van der Waals surface area contributed by atoms with Crippen molar-refractivity contribution in [3.63, 3.8) is 0 Å². The van der Waals surface area contributed by atoms with Gasteiger partial charge >= 0.3 is 0 Å². The summed E-state index contributed by atoms with van der Waals surface area (Å²) in [7, 11) is 1.64. The van der Waals surface area contributed by atoms with Crippen molar-refractivity contribution in [2.75, 3.05) is 7.11 Å². The second-order valence-corrected chi connectivity index (χ2v) is 3.46. The standard InChI is InChI=1S/C12H13NO2/c1-15-12-5-3-2-4-10(12)11-8-9(14)6-7-13-11/h2-7,11,13H,8H2,1H3/t11-/m1/s1. The molecule has 0 aromatic heterocycles. The van der Waals surface area contributed by atoms with Crippen molar-refractivity contribution in [2.45, 2.75) is 12.5 Å². The van der Waals surface area contributed by atoms with Gasteiger partial charge < -0.3 is 10.1 Å². The third-order valence-electron chi connectivity index (χ3n) is 2.49. The molecule has 0 spiro atoms. The van der Waals surface area contributed by atoms with Crippen molar-refractivity contribution in [1.82, 2.24) is 5.32 Å². The van der Waals surface area contributed by atoms with Crippen molar-refractivity contribution in [1.29, 1.82) is 0 Å². The number of hydrogen-bond acceptors (Lipinski definition) is 3. The van der Waals surface area contributed by atoms with Crippen LogP contribution in [0.4, 0.5) is 0 Å². The van der Waals surface area contributed by atoms with E-state index in [2.05, 4.69) is 5.32 Å². The maximum atomic E-state index is 11.3. The minimum atomic E-state index is 0.0265. The summed E-state index contributed by atoms with van der Waals surface area (Å²) in [6, 6.07) is 7.77. The summed E-state index contributed by atoms with van der Waals surface area (Å²) in [4.78, 5) is 11.3. The largest absolute Gasteiger partial charge is 0.496 e. The predicted octanol–water partition coefficient (Wildman–Crippen LogP) is 1.81. The van der Waals surface area contributed by atoms with Crippen LogP contribution in [0.15, 0.2) is 36.5 Å². The monoisotopic (exact) mass is 203 g/mol. The Morgan fingerprint density at radius 3 is 2.93 bits per heavy atom. The summed E-state index contributed by atoms with van der Waals surface area (Å²) in [6.45, 7) is 0. The zero-order chi connectivity index (χ0) is 10.7. The van der Waals surface area contributed by atoms with Crippen LogP contribution in [0, 0.1) is 0 Å². The molecule has 0 aliphatic carbocycles. The first-order valence-electron chi connectivity index (χ1n) is 4.89. The van der Waals surface area contributed by atoms with Crippen molar-refractivity contribution in [3.05, 3.63) is 42.1 Å². The van der Waals surface area contributed by atoms with Gasteiger partial charge in [-0.3, -0.25) is 4.79 Å². The molecule has 3 heteroatoms. The van der Waals surface area contributed by atoms with Crippen molar-refractivity contribution < 1.29 is 9.53 Å². The van der Waals surface area contributed by atoms with Crippen LogP contribution in [0.25, 0.3) is 0 Å². The Hall–Kier alpha value is -1.77. The summed E-state index contributed by atoms with van der Waals surface area (Å²) in [5.74, 6) is 0.961. The summed E-state index contributed by atoms with van der Waals surface area (Å²) in [5.41, 5.74) is 1.03. The average molecular weight is 203 g/mol. The Bertz CT molecular complexity index is 398. The summed E-state index contributed by atoms with van der Waals surface area (Å²) in [5, 5.41) is 3.16. The molecule has 0 saturated carbocycles. The molecule has 0 unspecified atom stereocenters. The van der Waals surface area contributed by atoms with E-state index < -0.39 is 0 Å². The summed E-state index contributed by atoms with van der Waals surface area (Å²) < 4.78 is 5.26. The number of carbonyl (C=O) groups is 1. The van der Waals surface area contributed by atoms with Crippen LogP contribution >= 0.6 is 0 Å². The molecule has 15 heavy (non-hydrogen) atoms. The molecule has 78 valence electrons. The number of ether oxygens (including phenoxy) is 1. The molecule has 3 nitrogen and oxygen atoms in total. The zero-order valence-electron chi connectivity index (χ0n) is 8.57. The average Bonchev–Trinajstić information content (AvgIpc) is 2.29. The molecule has 0 bridgehead atoms. The Morgan fingerprint density at radius 1 is 1.40 bits per heavy atom. The normalized spacial score (nSPS) is 19.8. The maximum Gasteiger partial charge on any atom is 0.159 e. The minimum absolute atomic E-state index is 0.0265. The Labute approximate surface area is 88.8 Å². The van der Waals surface area contributed by atoms with Gasteiger partial charge in [-0.15, -0.1) is 0 Å². The Balaban J connectivity index is 2.29. The van der Waals surface area contributed by atoms with Crippen LogP contribution in [-0.2, 0) is 4.79 Å². The van der Waals surface area contributed by atoms with E-state index in [1.165, 1.54) is 0 Å². The number of allylic oxidation sites excluding steroid dienone is 1. The molecule has 1 heterocycles. The number of carbonyl (C=O) groups excluding carboxylic acids is 1. The molecule has 1 aliphatic heterocycles. The van der Waals surface area contributed by atoms with E-state index in [1.807, 2.05) is 24.3 Å². The molecular formula is C12H13NO2. The van der Waals surface area contributed by atoms with Crippen LogP contribution in [0.3, 0.4) is 0 Å². The molecule has 1 aromatic rings. The van der Waals surface area contributed by atoms with Gasteiger partial charge in [-0.1, -0.05) is 18.2 Å². The van der Waals surface area contributed by atoms with Crippen molar-refractivity contribution >= 4 is 5.78 Å². The highest BCUT2D eigenvalue weighted by Crippen LogP contribution is 2.28. The molecule has 1 aliphatic rings. The number of rotatable bonds is 2. The topological polar surface area (TPSA) is 38.3 Å². The van der Waals surface area contributed by atoms with Crippen LogP contribution in [0.1, 0.15) is 18.0 Å². The Kier molecular flexibility index (Phi) is 2.72. The lowest BCUT2D eigenvalue weighted by molar-refractivity contribution is -0.115. The fraction of sp³-hybridized carbons (Fsp3) is 0.250. The third-order valence-corrected chi connectivity index (χ3v) is 2.49. The van der Waals surface area contributed by atoms with Gasteiger partial charge in [0.2, 0.25) is 0 Å². The second-order valence-electron chi connectivity index (χ2n) is 3.46. The number of nitrogens with one attached hydrogen (secondary N) is 1. The van der Waals surface area contributed by atoms with Crippen LogP contribution in [0.5, 0.6) is 5.75 Å². The fourth-order valence-corrected chi connectivity index (χ4v) is 1.74. The van der Waals surface area contributed by atoms with Gasteiger partial charge in [0.25, 0.3) is 0 Å². The van der Waals surface area contributed by atoms with Crippen molar-refractivity contribution in [2.24, 2.45) is 0 Å². The Morgan fingerprint density at radius 2 is 2.20 bits per heavy atom. The molecule has 0 radical (unpaired) electrons. The maximum absolute atomic E-state index is 11.3. The molecule has 0 fully saturated rings. The lowest BCUT2D eigenvalue weighted by Crippen LogP contribution is -2.23. The van der Waals surface area contributed by atoms with E-state index in [0.717, 1.165) is 11.3 Å². The van der Waals surface area contributed by atoms with E-state index in [4.69, 9.17) is 4.74 Å². The van der Waals surface area contributed by atoms with Crippen LogP contribution in [-0.4, -0.2) is 12.9 Å². The van der Waals surface area contributed by atoms with Gasteiger partial charge in [-0.05, 0) is 12.1 Å².